The van der Waals surface area contributed by atoms with Gasteiger partial charge < -0.3 is 16.8 Å². The first-order chi connectivity index (χ1) is 5.83. The molecule has 12 heavy (non-hydrogen) atoms. The summed E-state index contributed by atoms with van der Waals surface area (Å²) in [5, 5.41) is 3.51. The molecule has 1 aliphatic rings. The van der Waals surface area contributed by atoms with E-state index in [1.807, 2.05) is 0 Å². The van der Waals surface area contributed by atoms with Crippen LogP contribution in [0.1, 0.15) is 32.1 Å². The molecule has 0 radical (unpaired) electrons. The molecule has 0 amide bonds. The Balaban J connectivity index is 1.93. The number of nitrogens with one attached hydrogen (secondary N) is 1. The Morgan fingerprint density at radius 3 is 2.67 bits per heavy atom. The lowest BCUT2D eigenvalue weighted by Gasteiger charge is -2.11. The summed E-state index contributed by atoms with van der Waals surface area (Å²) in [6.45, 7) is 1.92. The zero-order valence-electron chi connectivity index (χ0n) is 7.76. The topological polar surface area (TPSA) is 64.1 Å². The molecule has 0 aromatic rings. The molecule has 5 N–H and O–H groups in total. The molecule has 0 bridgehead atoms. The van der Waals surface area contributed by atoms with Crippen LogP contribution in [0.4, 0.5) is 0 Å². The van der Waals surface area contributed by atoms with Crippen LogP contribution in [-0.4, -0.2) is 25.2 Å². The van der Waals surface area contributed by atoms with Crippen LogP contribution in [0.15, 0.2) is 0 Å². The van der Waals surface area contributed by atoms with E-state index in [4.69, 9.17) is 11.5 Å². The van der Waals surface area contributed by atoms with E-state index >= 15 is 0 Å². The maximum absolute atomic E-state index is 5.80. The van der Waals surface area contributed by atoms with Crippen LogP contribution >= 0.6 is 0 Å². The number of hydrogen-bond acceptors (Lipinski definition) is 3. The quantitative estimate of drug-likeness (QED) is 0.518. The highest BCUT2D eigenvalue weighted by molar-refractivity contribution is 4.82. The highest BCUT2D eigenvalue weighted by atomic mass is 14.9. The normalized spacial score (nSPS) is 29.5. The zero-order valence-corrected chi connectivity index (χ0v) is 7.76. The minimum atomic E-state index is 0.442. The summed E-state index contributed by atoms with van der Waals surface area (Å²) in [5.74, 6) is 0. The van der Waals surface area contributed by atoms with Gasteiger partial charge in [0.1, 0.15) is 0 Å². The number of hydrogen-bond donors (Lipinski definition) is 3. The maximum atomic E-state index is 5.80. The molecule has 0 aliphatic heterocycles. The zero-order chi connectivity index (χ0) is 8.81. The highest BCUT2D eigenvalue weighted by Crippen LogP contribution is 2.16. The molecule has 2 atom stereocenters. The minimum absolute atomic E-state index is 0.442. The Morgan fingerprint density at radius 2 is 2.08 bits per heavy atom. The van der Waals surface area contributed by atoms with Crippen molar-refractivity contribution in [2.45, 2.75) is 44.2 Å². The molecule has 3 nitrogen and oxygen atoms in total. The SMILES string of the molecule is NCCCCNC1CCC(N)C1. The second-order valence-electron chi connectivity index (χ2n) is 3.72. The molecule has 0 aromatic heterocycles. The number of unbranched alkanes of at least 4 members (excludes halogenated alkanes) is 1. The molecule has 3 heteroatoms. The molecule has 1 fully saturated rings. The largest absolute Gasteiger partial charge is 0.330 e. The van der Waals surface area contributed by atoms with Crippen molar-refractivity contribution >= 4 is 0 Å². The number of rotatable bonds is 5. The van der Waals surface area contributed by atoms with Crippen LogP contribution in [0.3, 0.4) is 0 Å². The van der Waals surface area contributed by atoms with Gasteiger partial charge >= 0.3 is 0 Å². The molecule has 1 aliphatic carbocycles. The van der Waals surface area contributed by atoms with Crippen molar-refractivity contribution in [2.75, 3.05) is 13.1 Å². The molecule has 0 aromatic carbocycles. The fourth-order valence-electron chi connectivity index (χ4n) is 1.78. The standard InChI is InChI=1S/C9H21N3/c10-5-1-2-6-12-9-4-3-8(11)7-9/h8-9,12H,1-7,10-11H2. The van der Waals surface area contributed by atoms with Gasteiger partial charge in [0, 0.05) is 12.1 Å². The average Bonchev–Trinajstić information content (AvgIpc) is 2.45. The van der Waals surface area contributed by atoms with Crippen molar-refractivity contribution in [3.8, 4) is 0 Å². The van der Waals surface area contributed by atoms with Gasteiger partial charge in [0.15, 0.2) is 0 Å². The van der Waals surface area contributed by atoms with Gasteiger partial charge in [-0.25, -0.2) is 0 Å². The van der Waals surface area contributed by atoms with Crippen molar-refractivity contribution in [2.24, 2.45) is 11.5 Å². The lowest BCUT2D eigenvalue weighted by molar-refractivity contribution is 0.503. The molecule has 72 valence electrons. The number of nitrogens with two attached hydrogens (primary N) is 2. The second-order valence-corrected chi connectivity index (χ2v) is 3.72. The lowest BCUT2D eigenvalue weighted by Crippen LogP contribution is -2.29. The third-order valence-electron chi connectivity index (χ3n) is 2.54. The van der Waals surface area contributed by atoms with E-state index in [2.05, 4.69) is 5.32 Å². The first-order valence-corrected chi connectivity index (χ1v) is 5.02. The molecular formula is C9H21N3. The summed E-state index contributed by atoms with van der Waals surface area (Å²) < 4.78 is 0. The Labute approximate surface area is 74.9 Å². The van der Waals surface area contributed by atoms with Gasteiger partial charge in [-0.3, -0.25) is 0 Å². The average molecular weight is 171 g/mol. The summed E-state index contributed by atoms with van der Waals surface area (Å²) in [5.41, 5.74) is 11.2. The minimum Gasteiger partial charge on any atom is -0.330 e. The van der Waals surface area contributed by atoms with Crippen LogP contribution in [-0.2, 0) is 0 Å². The second kappa shape index (κ2) is 5.51. The first kappa shape index (κ1) is 9.96. The smallest absolute Gasteiger partial charge is 0.00823 e. The summed E-state index contributed by atoms with van der Waals surface area (Å²) >= 11 is 0. The highest BCUT2D eigenvalue weighted by Gasteiger charge is 2.20. The van der Waals surface area contributed by atoms with E-state index in [1.54, 1.807) is 0 Å². The molecule has 0 saturated heterocycles. The van der Waals surface area contributed by atoms with Crippen molar-refractivity contribution in [3.05, 3.63) is 0 Å². The van der Waals surface area contributed by atoms with Gasteiger partial charge in [-0.15, -0.1) is 0 Å². The molecule has 1 rings (SSSR count). The van der Waals surface area contributed by atoms with Gasteiger partial charge in [-0.1, -0.05) is 0 Å². The summed E-state index contributed by atoms with van der Waals surface area (Å²) in [6, 6.07) is 1.12. The van der Waals surface area contributed by atoms with E-state index in [-0.39, 0.29) is 0 Å². The predicted molar refractivity (Wildman–Crippen MR) is 51.9 cm³/mol. The maximum Gasteiger partial charge on any atom is 0.00823 e. The van der Waals surface area contributed by atoms with Crippen molar-refractivity contribution in [3.63, 3.8) is 0 Å². The molecule has 1 saturated carbocycles. The Hall–Kier alpha value is -0.120. The van der Waals surface area contributed by atoms with Gasteiger partial charge in [0.2, 0.25) is 0 Å². The summed E-state index contributed by atoms with van der Waals surface area (Å²) in [7, 11) is 0. The molecular weight excluding hydrogens is 150 g/mol. The van der Waals surface area contributed by atoms with Gasteiger partial charge in [0.25, 0.3) is 0 Å². The van der Waals surface area contributed by atoms with E-state index in [9.17, 15) is 0 Å². The van der Waals surface area contributed by atoms with Crippen molar-refractivity contribution < 1.29 is 0 Å². The third-order valence-corrected chi connectivity index (χ3v) is 2.54. The van der Waals surface area contributed by atoms with Crippen LogP contribution in [0.25, 0.3) is 0 Å². The van der Waals surface area contributed by atoms with Gasteiger partial charge in [-0.2, -0.15) is 0 Å². The molecule has 0 heterocycles. The van der Waals surface area contributed by atoms with Gasteiger partial charge in [0.05, 0.1) is 0 Å². The summed E-state index contributed by atoms with van der Waals surface area (Å²) in [4.78, 5) is 0. The summed E-state index contributed by atoms with van der Waals surface area (Å²) in [6.07, 6.45) is 5.93. The molecule has 0 spiro atoms. The fraction of sp³-hybridized carbons (Fsp3) is 1.00. The lowest BCUT2D eigenvalue weighted by atomic mass is 10.2. The van der Waals surface area contributed by atoms with Crippen LogP contribution in [0.5, 0.6) is 0 Å². The van der Waals surface area contributed by atoms with Crippen molar-refractivity contribution in [1.82, 2.24) is 5.32 Å². The van der Waals surface area contributed by atoms with Crippen LogP contribution in [0.2, 0.25) is 0 Å². The van der Waals surface area contributed by atoms with E-state index in [0.717, 1.165) is 25.9 Å². The van der Waals surface area contributed by atoms with Crippen LogP contribution < -0.4 is 16.8 Å². The van der Waals surface area contributed by atoms with E-state index in [1.165, 1.54) is 19.3 Å². The Bertz CT molecular complexity index is 116. The Kier molecular flexibility index (Phi) is 4.58. The van der Waals surface area contributed by atoms with E-state index in [0.29, 0.717) is 12.1 Å². The Morgan fingerprint density at radius 1 is 1.25 bits per heavy atom. The van der Waals surface area contributed by atoms with Crippen molar-refractivity contribution in [1.29, 1.82) is 0 Å². The molecule has 2 unspecified atom stereocenters. The fourth-order valence-corrected chi connectivity index (χ4v) is 1.78. The monoisotopic (exact) mass is 171 g/mol. The first-order valence-electron chi connectivity index (χ1n) is 5.02. The van der Waals surface area contributed by atoms with Crippen LogP contribution in [0, 0.1) is 0 Å². The third kappa shape index (κ3) is 3.52. The predicted octanol–water partition coefficient (Wildman–Crippen LogP) is 0.195. The van der Waals surface area contributed by atoms with Gasteiger partial charge in [-0.05, 0) is 45.2 Å². The van der Waals surface area contributed by atoms with E-state index < -0.39 is 0 Å².